The van der Waals surface area contributed by atoms with Gasteiger partial charge < -0.3 is 0 Å². The fourth-order valence-corrected chi connectivity index (χ4v) is 1.28. The Kier molecular flexibility index (Phi) is 1.54. The molecule has 0 N–H and O–H groups in total. The Morgan fingerprint density at radius 3 is 2.73 bits per heavy atom. The van der Waals surface area contributed by atoms with Gasteiger partial charge in [-0.25, -0.2) is 0 Å². The first-order valence-corrected chi connectivity index (χ1v) is 3.86. The third kappa shape index (κ3) is 1.21. The van der Waals surface area contributed by atoms with E-state index >= 15 is 0 Å². The minimum atomic E-state index is 0.813. The van der Waals surface area contributed by atoms with E-state index in [2.05, 4.69) is 35.6 Å². The highest BCUT2D eigenvalue weighted by molar-refractivity contribution is 7.80. The summed E-state index contributed by atoms with van der Waals surface area (Å²) in [6.45, 7) is 0. The molecule has 0 aliphatic heterocycles. The van der Waals surface area contributed by atoms with Gasteiger partial charge in [0.2, 0.25) is 0 Å². The van der Waals surface area contributed by atoms with Crippen LogP contribution in [0, 0.1) is 0 Å². The molecule has 56 valence electrons. The van der Waals surface area contributed by atoms with E-state index in [1.54, 1.807) is 0 Å². The largest absolute Gasteiger partial charge is 0.143 e. The maximum Gasteiger partial charge on any atom is 0.115 e. The molecule has 0 spiro atoms. The van der Waals surface area contributed by atoms with Crippen LogP contribution in [0.25, 0.3) is 11.0 Å². The summed E-state index contributed by atoms with van der Waals surface area (Å²) in [7, 11) is 0. The van der Waals surface area contributed by atoms with Crippen molar-refractivity contribution in [2.24, 2.45) is 0 Å². The minimum Gasteiger partial charge on any atom is -0.143 e. The van der Waals surface area contributed by atoms with Crippen molar-refractivity contribution >= 4 is 36.5 Å². The van der Waals surface area contributed by atoms with Crippen LogP contribution in [0.2, 0.25) is 0 Å². The van der Waals surface area contributed by atoms with E-state index in [-0.39, 0.29) is 0 Å². The van der Waals surface area contributed by atoms with Crippen molar-refractivity contribution in [2.45, 2.75) is 4.90 Å². The number of nitrogens with zero attached hydrogens (tertiary/aromatic N) is 3. The molecule has 2 aromatic rings. The van der Waals surface area contributed by atoms with Crippen molar-refractivity contribution in [3.8, 4) is 0 Å². The first-order chi connectivity index (χ1) is 5.25. The van der Waals surface area contributed by atoms with Crippen LogP contribution < -0.4 is 0 Å². The standard InChI is InChI=1S/C6H5N3S2/c10-4-1-2-5-6(3-4)8-9(11)7-5/h1-3,10-11H. The molecule has 0 bridgehead atoms. The van der Waals surface area contributed by atoms with Crippen LogP contribution in [-0.4, -0.2) is 14.4 Å². The molecule has 0 atom stereocenters. The molecule has 5 heteroatoms. The summed E-state index contributed by atoms with van der Waals surface area (Å²) in [6.07, 6.45) is 0. The summed E-state index contributed by atoms with van der Waals surface area (Å²) in [6, 6.07) is 5.57. The maximum atomic E-state index is 4.17. The molecule has 1 aromatic heterocycles. The predicted molar refractivity (Wildman–Crippen MR) is 49.2 cm³/mol. The summed E-state index contributed by atoms with van der Waals surface area (Å²) in [5.41, 5.74) is 1.64. The molecule has 11 heavy (non-hydrogen) atoms. The van der Waals surface area contributed by atoms with Gasteiger partial charge in [-0.3, -0.25) is 0 Å². The molecule has 0 saturated carbocycles. The summed E-state index contributed by atoms with van der Waals surface area (Å²) in [5, 5.41) is 7.98. The van der Waals surface area contributed by atoms with Crippen LogP contribution in [0.15, 0.2) is 23.1 Å². The van der Waals surface area contributed by atoms with Crippen molar-refractivity contribution in [3.63, 3.8) is 0 Å². The van der Waals surface area contributed by atoms with Crippen LogP contribution in [-0.2, 0) is 0 Å². The van der Waals surface area contributed by atoms with Gasteiger partial charge in [-0.05, 0) is 31.0 Å². The van der Waals surface area contributed by atoms with Gasteiger partial charge in [-0.2, -0.15) is 0 Å². The Labute approximate surface area is 74.4 Å². The van der Waals surface area contributed by atoms with E-state index in [0.717, 1.165) is 15.9 Å². The lowest BCUT2D eigenvalue weighted by molar-refractivity contribution is 0.890. The van der Waals surface area contributed by atoms with Gasteiger partial charge in [0.1, 0.15) is 11.0 Å². The number of benzene rings is 1. The predicted octanol–water partition coefficient (Wildman–Crippen LogP) is 1.41. The Morgan fingerprint density at radius 2 is 1.91 bits per heavy atom. The Morgan fingerprint density at radius 1 is 1.18 bits per heavy atom. The number of hydrogen-bond acceptors (Lipinski definition) is 4. The van der Waals surface area contributed by atoms with E-state index in [4.69, 9.17) is 0 Å². The maximum absolute atomic E-state index is 4.17. The topological polar surface area (TPSA) is 30.7 Å². The van der Waals surface area contributed by atoms with Crippen LogP contribution in [0.1, 0.15) is 0 Å². The Bertz CT molecular complexity index is 396. The molecule has 0 aliphatic carbocycles. The molecule has 0 radical (unpaired) electrons. The molecule has 3 nitrogen and oxygen atoms in total. The highest BCUT2D eigenvalue weighted by atomic mass is 32.1. The molecule has 0 unspecified atom stereocenters. The second-order valence-electron chi connectivity index (χ2n) is 2.14. The molecule has 1 heterocycles. The van der Waals surface area contributed by atoms with Crippen molar-refractivity contribution in [1.29, 1.82) is 0 Å². The number of rotatable bonds is 0. The zero-order chi connectivity index (χ0) is 7.84. The lowest BCUT2D eigenvalue weighted by atomic mass is 10.3. The fourth-order valence-electron chi connectivity index (χ4n) is 0.892. The van der Waals surface area contributed by atoms with Gasteiger partial charge in [-0.1, -0.05) is 0 Å². The summed E-state index contributed by atoms with van der Waals surface area (Å²) >= 11 is 8.11. The summed E-state index contributed by atoms with van der Waals surface area (Å²) in [5.74, 6) is 0. The van der Waals surface area contributed by atoms with Gasteiger partial charge in [0.05, 0.1) is 0 Å². The van der Waals surface area contributed by atoms with Crippen molar-refractivity contribution < 1.29 is 0 Å². The Hall–Kier alpha value is -0.680. The van der Waals surface area contributed by atoms with Crippen molar-refractivity contribution in [2.75, 3.05) is 0 Å². The molecule has 2 rings (SSSR count). The number of hydrogen-bond donors (Lipinski definition) is 2. The van der Waals surface area contributed by atoms with Gasteiger partial charge in [-0.15, -0.1) is 27.0 Å². The first-order valence-electron chi connectivity index (χ1n) is 3.01. The van der Waals surface area contributed by atoms with Crippen molar-refractivity contribution in [3.05, 3.63) is 18.2 Å². The molecular formula is C6H5N3S2. The molecule has 0 aliphatic rings. The highest BCUT2D eigenvalue weighted by Gasteiger charge is 1.98. The monoisotopic (exact) mass is 183 g/mol. The van der Waals surface area contributed by atoms with E-state index < -0.39 is 0 Å². The van der Waals surface area contributed by atoms with Crippen LogP contribution in [0.5, 0.6) is 0 Å². The third-order valence-corrected chi connectivity index (χ3v) is 1.81. The smallest absolute Gasteiger partial charge is 0.115 e. The number of thiol groups is 2. The zero-order valence-electron chi connectivity index (χ0n) is 5.47. The fraction of sp³-hybridized carbons (Fsp3) is 0. The second-order valence-corrected chi connectivity index (χ2v) is 3.02. The van der Waals surface area contributed by atoms with E-state index in [0.29, 0.717) is 0 Å². The molecule has 0 saturated heterocycles. The van der Waals surface area contributed by atoms with Gasteiger partial charge >= 0.3 is 0 Å². The lowest BCUT2D eigenvalue weighted by Crippen LogP contribution is -1.81. The SMILES string of the molecule is Sc1ccc2nn(S)nc2c1. The summed E-state index contributed by atoms with van der Waals surface area (Å²) < 4.78 is 1.25. The normalized spacial score (nSPS) is 10.7. The number of aromatic nitrogens is 3. The average molecular weight is 183 g/mol. The van der Waals surface area contributed by atoms with E-state index in [1.165, 1.54) is 4.20 Å². The first kappa shape index (κ1) is 7.00. The van der Waals surface area contributed by atoms with Gasteiger partial charge in [0.25, 0.3) is 0 Å². The quantitative estimate of drug-likeness (QED) is 0.605. The van der Waals surface area contributed by atoms with Crippen LogP contribution in [0.4, 0.5) is 0 Å². The van der Waals surface area contributed by atoms with Crippen molar-refractivity contribution in [1.82, 2.24) is 14.4 Å². The molecule has 0 amide bonds. The number of fused-ring (bicyclic) bond motifs is 1. The zero-order valence-corrected chi connectivity index (χ0v) is 7.26. The second kappa shape index (κ2) is 2.42. The summed E-state index contributed by atoms with van der Waals surface area (Å²) in [4.78, 5) is 0.881. The highest BCUT2D eigenvalue weighted by Crippen LogP contribution is 2.13. The lowest BCUT2D eigenvalue weighted by Gasteiger charge is -1.86. The van der Waals surface area contributed by atoms with Crippen LogP contribution in [0.3, 0.4) is 0 Å². The third-order valence-electron chi connectivity index (χ3n) is 1.35. The molecular weight excluding hydrogens is 178 g/mol. The average Bonchev–Trinajstić information content (AvgIpc) is 2.27. The molecule has 1 aromatic carbocycles. The Balaban J connectivity index is 2.82. The van der Waals surface area contributed by atoms with E-state index in [1.807, 2.05) is 18.2 Å². The van der Waals surface area contributed by atoms with Gasteiger partial charge in [0, 0.05) is 4.90 Å². The van der Waals surface area contributed by atoms with Gasteiger partial charge in [0.15, 0.2) is 0 Å². The van der Waals surface area contributed by atoms with Crippen LogP contribution >= 0.6 is 25.4 Å². The minimum absolute atomic E-state index is 0.813. The molecule has 0 fully saturated rings. The van der Waals surface area contributed by atoms with E-state index in [9.17, 15) is 0 Å².